The maximum absolute atomic E-state index is 12.7. The number of esters is 1. The second-order valence-corrected chi connectivity index (χ2v) is 7.31. The second-order valence-electron chi connectivity index (χ2n) is 7.31. The van der Waals surface area contributed by atoms with Gasteiger partial charge in [-0.1, -0.05) is 36.4 Å². The van der Waals surface area contributed by atoms with Gasteiger partial charge in [0.2, 0.25) is 0 Å². The number of rotatable bonds is 8. The minimum atomic E-state index is -3.14. The lowest BCUT2D eigenvalue weighted by Gasteiger charge is -2.32. The third-order valence-electron chi connectivity index (χ3n) is 5.29. The molecule has 1 saturated heterocycles. The van der Waals surface area contributed by atoms with Crippen molar-refractivity contribution in [3.63, 3.8) is 0 Å². The van der Waals surface area contributed by atoms with E-state index in [4.69, 9.17) is 9.47 Å². The van der Waals surface area contributed by atoms with E-state index in [0.717, 1.165) is 19.3 Å². The average molecular weight is 433 g/mol. The Labute approximate surface area is 179 Å². The predicted octanol–water partition coefficient (Wildman–Crippen LogP) is 3.93. The van der Waals surface area contributed by atoms with Gasteiger partial charge in [0.1, 0.15) is 5.56 Å². The summed E-state index contributed by atoms with van der Waals surface area (Å²) in [5, 5.41) is 0. The highest BCUT2D eigenvalue weighted by atomic mass is 19.3. The first-order chi connectivity index (χ1) is 15.0. The Morgan fingerprint density at radius 3 is 2.42 bits per heavy atom. The number of carbonyl (C=O) groups excluding carboxylic acids is 2. The van der Waals surface area contributed by atoms with E-state index >= 15 is 0 Å². The maximum Gasteiger partial charge on any atom is 0.387 e. The van der Waals surface area contributed by atoms with Gasteiger partial charge >= 0.3 is 12.6 Å². The van der Waals surface area contributed by atoms with Crippen molar-refractivity contribution in [2.75, 3.05) is 26.8 Å². The molecule has 0 atom stereocenters. The summed E-state index contributed by atoms with van der Waals surface area (Å²) in [5.41, 5.74) is 1.05. The summed E-state index contributed by atoms with van der Waals surface area (Å²) >= 11 is 0. The number of methoxy groups -OCH3 is 1. The van der Waals surface area contributed by atoms with Gasteiger partial charge in [-0.15, -0.1) is 0 Å². The topological polar surface area (TPSA) is 65.1 Å². The van der Waals surface area contributed by atoms with Crippen molar-refractivity contribution in [3.05, 3.63) is 59.7 Å². The second kappa shape index (κ2) is 10.7. The Bertz CT molecular complexity index is 883. The molecular weight excluding hydrogens is 408 g/mol. The van der Waals surface area contributed by atoms with E-state index < -0.39 is 24.9 Å². The van der Waals surface area contributed by atoms with Crippen LogP contribution in [0.4, 0.5) is 8.78 Å². The molecule has 6 nitrogen and oxygen atoms in total. The normalized spacial score (nSPS) is 14.4. The number of hydrogen-bond acceptors (Lipinski definition) is 5. The van der Waals surface area contributed by atoms with Crippen LogP contribution < -0.4 is 9.47 Å². The third kappa shape index (κ3) is 6.16. The van der Waals surface area contributed by atoms with Gasteiger partial charge in [0.25, 0.3) is 5.91 Å². The molecule has 0 unspecified atom stereocenters. The maximum atomic E-state index is 12.7. The zero-order chi connectivity index (χ0) is 22.2. The van der Waals surface area contributed by atoms with Crippen LogP contribution in [0, 0.1) is 5.92 Å². The van der Waals surface area contributed by atoms with E-state index in [-0.39, 0.29) is 17.2 Å². The van der Waals surface area contributed by atoms with Gasteiger partial charge in [-0.05, 0) is 42.9 Å². The number of carbonyl (C=O) groups is 2. The highest BCUT2D eigenvalue weighted by Gasteiger charge is 2.25. The highest BCUT2D eigenvalue weighted by molar-refractivity contribution is 5.95. The van der Waals surface area contributed by atoms with Gasteiger partial charge in [-0.3, -0.25) is 4.79 Å². The van der Waals surface area contributed by atoms with E-state index in [0.29, 0.717) is 19.0 Å². The number of para-hydroxylation sites is 1. The molecule has 0 N–H and O–H groups in total. The molecular formula is C23H25F2NO5. The van der Waals surface area contributed by atoms with Crippen LogP contribution in [0.15, 0.2) is 48.5 Å². The predicted molar refractivity (Wildman–Crippen MR) is 109 cm³/mol. The largest absolute Gasteiger partial charge is 0.493 e. The van der Waals surface area contributed by atoms with Crippen molar-refractivity contribution in [3.8, 4) is 11.5 Å². The first-order valence-corrected chi connectivity index (χ1v) is 10.1. The molecule has 1 heterocycles. The minimum absolute atomic E-state index is 0.0263. The molecule has 1 aliphatic rings. The Morgan fingerprint density at radius 2 is 1.77 bits per heavy atom. The number of ether oxygens (including phenoxy) is 3. The van der Waals surface area contributed by atoms with Crippen LogP contribution in [-0.2, 0) is 16.0 Å². The standard InChI is InChI=1S/C23H25F2NO5/c1-29-19-9-5-8-18(21(19)31-23(24)25)22(28)30-15-20(27)26-12-10-17(11-13-26)14-16-6-3-2-4-7-16/h2-9,17,23H,10-15H2,1H3. The van der Waals surface area contributed by atoms with Crippen LogP contribution in [0.1, 0.15) is 28.8 Å². The van der Waals surface area contributed by atoms with Crippen LogP contribution in [0.3, 0.4) is 0 Å². The molecule has 3 rings (SSSR count). The molecule has 0 radical (unpaired) electrons. The third-order valence-corrected chi connectivity index (χ3v) is 5.29. The Morgan fingerprint density at radius 1 is 1.06 bits per heavy atom. The summed E-state index contributed by atoms with van der Waals surface area (Å²) < 4.78 is 39.9. The first kappa shape index (κ1) is 22.5. The van der Waals surface area contributed by atoms with Crippen molar-refractivity contribution in [2.45, 2.75) is 25.9 Å². The van der Waals surface area contributed by atoms with E-state index in [9.17, 15) is 18.4 Å². The fourth-order valence-electron chi connectivity index (χ4n) is 3.68. The average Bonchev–Trinajstić information content (AvgIpc) is 2.78. The zero-order valence-electron chi connectivity index (χ0n) is 17.3. The van der Waals surface area contributed by atoms with Gasteiger partial charge in [0.05, 0.1) is 7.11 Å². The quantitative estimate of drug-likeness (QED) is 0.590. The minimum Gasteiger partial charge on any atom is -0.493 e. The molecule has 0 spiro atoms. The van der Waals surface area contributed by atoms with Crippen molar-refractivity contribution >= 4 is 11.9 Å². The lowest BCUT2D eigenvalue weighted by molar-refractivity contribution is -0.135. The summed E-state index contributed by atoms with van der Waals surface area (Å²) in [6.45, 7) is -2.42. The van der Waals surface area contributed by atoms with Gasteiger partial charge in [-0.2, -0.15) is 8.78 Å². The van der Waals surface area contributed by atoms with Crippen LogP contribution in [0.2, 0.25) is 0 Å². The van der Waals surface area contributed by atoms with Crippen molar-refractivity contribution in [2.24, 2.45) is 5.92 Å². The number of piperidine rings is 1. The molecule has 0 bridgehead atoms. The van der Waals surface area contributed by atoms with E-state index in [1.165, 1.54) is 30.9 Å². The monoisotopic (exact) mass is 433 g/mol. The molecule has 0 aliphatic carbocycles. The van der Waals surface area contributed by atoms with Gasteiger partial charge in [-0.25, -0.2) is 4.79 Å². The van der Waals surface area contributed by atoms with Gasteiger partial charge in [0, 0.05) is 13.1 Å². The summed E-state index contributed by atoms with van der Waals surface area (Å²) in [6.07, 6.45) is 2.72. The number of nitrogens with zero attached hydrogens (tertiary/aromatic N) is 1. The highest BCUT2D eigenvalue weighted by Crippen LogP contribution is 2.33. The van der Waals surface area contributed by atoms with Crippen LogP contribution in [0.5, 0.6) is 11.5 Å². The molecule has 1 fully saturated rings. The Kier molecular flexibility index (Phi) is 7.81. The molecule has 2 aromatic rings. The first-order valence-electron chi connectivity index (χ1n) is 10.1. The molecule has 8 heteroatoms. The number of benzene rings is 2. The summed E-state index contributed by atoms with van der Waals surface area (Å²) in [4.78, 5) is 26.5. The number of amides is 1. The fraction of sp³-hybridized carbons (Fsp3) is 0.391. The van der Waals surface area contributed by atoms with Crippen LogP contribution in [0.25, 0.3) is 0 Å². The smallest absolute Gasteiger partial charge is 0.387 e. The van der Waals surface area contributed by atoms with Crippen molar-refractivity contribution < 1.29 is 32.6 Å². The van der Waals surface area contributed by atoms with E-state index in [2.05, 4.69) is 16.9 Å². The molecule has 2 aromatic carbocycles. The summed E-state index contributed by atoms with van der Waals surface area (Å²) in [5.74, 6) is -1.19. The SMILES string of the molecule is COc1cccc(C(=O)OCC(=O)N2CCC(Cc3ccccc3)CC2)c1OC(F)F. The Hall–Kier alpha value is -3.16. The number of alkyl halides is 2. The molecule has 31 heavy (non-hydrogen) atoms. The van der Waals surface area contributed by atoms with Crippen LogP contribution >= 0.6 is 0 Å². The number of hydrogen-bond donors (Lipinski definition) is 0. The fourth-order valence-corrected chi connectivity index (χ4v) is 3.68. The van der Waals surface area contributed by atoms with Gasteiger partial charge in [0.15, 0.2) is 18.1 Å². The number of halogens is 2. The molecule has 166 valence electrons. The van der Waals surface area contributed by atoms with Crippen molar-refractivity contribution in [1.29, 1.82) is 0 Å². The summed E-state index contributed by atoms with van der Waals surface area (Å²) in [7, 11) is 1.27. The van der Waals surface area contributed by atoms with Crippen LogP contribution in [-0.4, -0.2) is 50.2 Å². The molecule has 1 aliphatic heterocycles. The lowest BCUT2D eigenvalue weighted by Crippen LogP contribution is -2.41. The molecule has 0 saturated carbocycles. The van der Waals surface area contributed by atoms with Gasteiger partial charge < -0.3 is 19.1 Å². The van der Waals surface area contributed by atoms with Crippen molar-refractivity contribution in [1.82, 2.24) is 4.90 Å². The zero-order valence-corrected chi connectivity index (χ0v) is 17.3. The Balaban J connectivity index is 1.51. The summed E-state index contributed by atoms with van der Waals surface area (Å²) in [6, 6.07) is 14.3. The molecule has 1 amide bonds. The van der Waals surface area contributed by atoms with E-state index in [1.807, 2.05) is 18.2 Å². The van der Waals surface area contributed by atoms with E-state index in [1.54, 1.807) is 4.90 Å². The number of likely N-dealkylation sites (tertiary alicyclic amines) is 1. The molecule has 0 aromatic heterocycles. The lowest BCUT2D eigenvalue weighted by atomic mass is 9.90.